The molecule has 0 radical (unpaired) electrons. The van der Waals surface area contributed by atoms with E-state index in [1.807, 2.05) is 6.92 Å². The molecule has 0 aliphatic carbocycles. The largest absolute Gasteiger partial charge is 0.375 e. The highest BCUT2D eigenvalue weighted by atomic mass is 16.5. The summed E-state index contributed by atoms with van der Waals surface area (Å²) in [5.41, 5.74) is 1.39. The predicted molar refractivity (Wildman–Crippen MR) is 65.0 cm³/mol. The first-order valence-electron chi connectivity index (χ1n) is 5.65. The van der Waals surface area contributed by atoms with Crippen molar-refractivity contribution in [1.29, 1.82) is 0 Å². The summed E-state index contributed by atoms with van der Waals surface area (Å²) in [5, 5.41) is 0. The number of hydrogen-bond donors (Lipinski definition) is 0. The molecule has 0 fully saturated rings. The maximum absolute atomic E-state index is 5.41. The third-order valence-electron chi connectivity index (χ3n) is 2.28. The Labute approximate surface area is 92.8 Å². The molecular weight excluding hydrogens is 184 g/mol. The molecule has 0 spiro atoms. The molecule has 0 saturated carbocycles. The van der Waals surface area contributed by atoms with Gasteiger partial charge < -0.3 is 4.74 Å². The average molecular weight is 204 g/mol. The molecule has 1 nitrogen and oxygen atoms in total. The second kappa shape index (κ2) is 7.24. The van der Waals surface area contributed by atoms with E-state index in [1.165, 1.54) is 5.56 Å². The van der Waals surface area contributed by atoms with Crippen molar-refractivity contribution in [3.05, 3.63) is 48.0 Å². The lowest BCUT2D eigenvalue weighted by Crippen LogP contribution is -2.03. The van der Waals surface area contributed by atoms with Gasteiger partial charge in [0.05, 0.1) is 6.10 Å². The Kier molecular flexibility index (Phi) is 5.79. The summed E-state index contributed by atoms with van der Waals surface area (Å²) in [6.45, 7) is 4.88. The van der Waals surface area contributed by atoms with Gasteiger partial charge in [-0.15, -0.1) is 0 Å². The minimum absolute atomic E-state index is 0.241. The van der Waals surface area contributed by atoms with Crippen molar-refractivity contribution in [2.75, 3.05) is 6.61 Å². The van der Waals surface area contributed by atoms with E-state index in [0.717, 1.165) is 19.4 Å². The van der Waals surface area contributed by atoms with Gasteiger partial charge in [0, 0.05) is 6.61 Å². The zero-order valence-corrected chi connectivity index (χ0v) is 9.65. The average Bonchev–Trinajstić information content (AvgIpc) is 2.26. The van der Waals surface area contributed by atoms with Crippen molar-refractivity contribution in [2.24, 2.45) is 0 Å². The highest BCUT2D eigenvalue weighted by molar-refractivity contribution is 5.15. The molecule has 0 saturated heterocycles. The van der Waals surface area contributed by atoms with E-state index in [-0.39, 0.29) is 6.10 Å². The van der Waals surface area contributed by atoms with E-state index in [2.05, 4.69) is 49.4 Å². The van der Waals surface area contributed by atoms with Gasteiger partial charge in [0.15, 0.2) is 0 Å². The van der Waals surface area contributed by atoms with Crippen LogP contribution in [-0.4, -0.2) is 12.7 Å². The molecule has 1 atom stereocenters. The molecule has 15 heavy (non-hydrogen) atoms. The summed E-state index contributed by atoms with van der Waals surface area (Å²) in [5.74, 6) is 0. The van der Waals surface area contributed by atoms with Gasteiger partial charge in [0.25, 0.3) is 0 Å². The molecule has 1 aromatic rings. The standard InChI is InChI=1S/C14H20O/c1-3-15-13(2)9-7-8-12-14-10-5-4-6-11-14/h4-7,9-11,13H,3,8,12H2,1-2H3/b9-7+. The molecule has 1 aromatic carbocycles. The fourth-order valence-corrected chi connectivity index (χ4v) is 1.50. The van der Waals surface area contributed by atoms with Crippen LogP contribution >= 0.6 is 0 Å². The first-order valence-corrected chi connectivity index (χ1v) is 5.65. The van der Waals surface area contributed by atoms with E-state index in [1.54, 1.807) is 0 Å². The lowest BCUT2D eigenvalue weighted by Gasteiger charge is -2.04. The topological polar surface area (TPSA) is 9.23 Å². The van der Waals surface area contributed by atoms with Crippen LogP contribution in [0.3, 0.4) is 0 Å². The molecule has 1 heteroatoms. The zero-order valence-electron chi connectivity index (χ0n) is 9.65. The van der Waals surface area contributed by atoms with Gasteiger partial charge in [-0.25, -0.2) is 0 Å². The molecular formula is C14H20O. The first-order chi connectivity index (χ1) is 7.33. The highest BCUT2D eigenvalue weighted by Gasteiger charge is 1.93. The first kappa shape index (κ1) is 12.0. The van der Waals surface area contributed by atoms with Crippen LogP contribution < -0.4 is 0 Å². The van der Waals surface area contributed by atoms with Crippen LogP contribution in [0.15, 0.2) is 42.5 Å². The van der Waals surface area contributed by atoms with Gasteiger partial charge >= 0.3 is 0 Å². The molecule has 1 unspecified atom stereocenters. The minimum Gasteiger partial charge on any atom is -0.375 e. The third-order valence-corrected chi connectivity index (χ3v) is 2.28. The van der Waals surface area contributed by atoms with Crippen LogP contribution in [0.25, 0.3) is 0 Å². The molecule has 82 valence electrons. The number of rotatable bonds is 6. The molecule has 0 N–H and O–H groups in total. The van der Waals surface area contributed by atoms with E-state index in [9.17, 15) is 0 Å². The van der Waals surface area contributed by atoms with Crippen LogP contribution in [0.1, 0.15) is 25.8 Å². The lowest BCUT2D eigenvalue weighted by atomic mass is 10.1. The van der Waals surface area contributed by atoms with Crippen LogP contribution in [0, 0.1) is 0 Å². The van der Waals surface area contributed by atoms with E-state index < -0.39 is 0 Å². The molecule has 0 aliphatic heterocycles. The van der Waals surface area contributed by atoms with Crippen molar-refractivity contribution < 1.29 is 4.74 Å². The Morgan fingerprint density at radius 2 is 2.00 bits per heavy atom. The van der Waals surface area contributed by atoms with Crippen molar-refractivity contribution in [1.82, 2.24) is 0 Å². The van der Waals surface area contributed by atoms with Gasteiger partial charge in [-0.1, -0.05) is 42.5 Å². The number of ether oxygens (including phenoxy) is 1. The smallest absolute Gasteiger partial charge is 0.0727 e. The van der Waals surface area contributed by atoms with Crippen LogP contribution in [0.2, 0.25) is 0 Å². The number of aryl methyl sites for hydroxylation is 1. The highest BCUT2D eigenvalue weighted by Crippen LogP contribution is 2.03. The second-order valence-corrected chi connectivity index (χ2v) is 3.61. The molecule has 0 aromatic heterocycles. The van der Waals surface area contributed by atoms with Crippen LogP contribution in [-0.2, 0) is 11.2 Å². The minimum atomic E-state index is 0.241. The van der Waals surface area contributed by atoms with E-state index in [0.29, 0.717) is 0 Å². The molecule has 1 rings (SSSR count). The maximum Gasteiger partial charge on any atom is 0.0727 e. The molecule has 0 amide bonds. The van der Waals surface area contributed by atoms with Crippen LogP contribution in [0.5, 0.6) is 0 Å². The normalized spacial score (nSPS) is 13.2. The molecule has 0 aliphatic rings. The summed E-state index contributed by atoms with van der Waals surface area (Å²) in [6, 6.07) is 10.6. The summed E-state index contributed by atoms with van der Waals surface area (Å²) in [6.07, 6.45) is 6.77. The van der Waals surface area contributed by atoms with Crippen molar-refractivity contribution in [2.45, 2.75) is 32.8 Å². The van der Waals surface area contributed by atoms with Crippen molar-refractivity contribution in [3.63, 3.8) is 0 Å². The lowest BCUT2D eigenvalue weighted by molar-refractivity contribution is 0.109. The Morgan fingerprint density at radius 1 is 1.27 bits per heavy atom. The SMILES string of the molecule is CCOC(C)/C=C/CCc1ccccc1. The second-order valence-electron chi connectivity index (χ2n) is 3.61. The predicted octanol–water partition coefficient (Wildman–Crippen LogP) is 3.60. The van der Waals surface area contributed by atoms with Crippen LogP contribution in [0.4, 0.5) is 0 Å². The van der Waals surface area contributed by atoms with Crippen molar-refractivity contribution >= 4 is 0 Å². The maximum atomic E-state index is 5.41. The fraction of sp³-hybridized carbons (Fsp3) is 0.429. The third kappa shape index (κ3) is 5.38. The summed E-state index contributed by atoms with van der Waals surface area (Å²) < 4.78 is 5.41. The zero-order chi connectivity index (χ0) is 10.9. The molecule has 0 heterocycles. The Bertz CT molecular complexity index is 277. The number of benzene rings is 1. The van der Waals surface area contributed by atoms with Crippen molar-refractivity contribution in [3.8, 4) is 0 Å². The van der Waals surface area contributed by atoms with Gasteiger partial charge in [-0.3, -0.25) is 0 Å². The summed E-state index contributed by atoms with van der Waals surface area (Å²) in [4.78, 5) is 0. The van der Waals surface area contributed by atoms with E-state index in [4.69, 9.17) is 4.74 Å². The summed E-state index contributed by atoms with van der Waals surface area (Å²) in [7, 11) is 0. The van der Waals surface area contributed by atoms with Gasteiger partial charge in [0.1, 0.15) is 0 Å². The fourth-order valence-electron chi connectivity index (χ4n) is 1.50. The van der Waals surface area contributed by atoms with E-state index >= 15 is 0 Å². The number of hydrogen-bond acceptors (Lipinski definition) is 1. The monoisotopic (exact) mass is 204 g/mol. The van der Waals surface area contributed by atoms with Gasteiger partial charge in [0.2, 0.25) is 0 Å². The summed E-state index contributed by atoms with van der Waals surface area (Å²) >= 11 is 0. The Hall–Kier alpha value is -1.08. The van der Waals surface area contributed by atoms with Gasteiger partial charge in [-0.05, 0) is 32.3 Å². The number of allylic oxidation sites excluding steroid dienone is 1. The Balaban J connectivity index is 2.21. The quantitative estimate of drug-likeness (QED) is 0.643. The Morgan fingerprint density at radius 3 is 2.67 bits per heavy atom. The molecule has 0 bridgehead atoms. The van der Waals surface area contributed by atoms with Gasteiger partial charge in [-0.2, -0.15) is 0 Å².